The summed E-state index contributed by atoms with van der Waals surface area (Å²) in [6.45, 7) is 10.0. The molecule has 0 saturated carbocycles. The van der Waals surface area contributed by atoms with Crippen molar-refractivity contribution < 1.29 is 4.74 Å². The topological polar surface area (TPSA) is 12.5 Å². The standard InChI is InChI=1S/C17H25NO/c1-17(2,3)18-10-6-9-16(18)15-8-5-4-7-14(15)13-11-19-12-13/h4-5,7-8,13,16H,6,9-12H2,1-3H3. The van der Waals surface area contributed by atoms with E-state index in [-0.39, 0.29) is 5.54 Å². The molecule has 0 radical (unpaired) electrons. The first-order valence-corrected chi connectivity index (χ1v) is 7.50. The first kappa shape index (κ1) is 13.1. The predicted octanol–water partition coefficient (Wildman–Crippen LogP) is 3.74. The Morgan fingerprint density at radius 3 is 2.37 bits per heavy atom. The Kier molecular flexibility index (Phi) is 3.40. The van der Waals surface area contributed by atoms with E-state index in [9.17, 15) is 0 Å². The van der Waals surface area contributed by atoms with E-state index in [1.807, 2.05) is 0 Å². The van der Waals surface area contributed by atoms with Crippen molar-refractivity contribution in [2.45, 2.75) is 51.1 Å². The maximum Gasteiger partial charge on any atom is 0.0557 e. The minimum absolute atomic E-state index is 0.254. The van der Waals surface area contributed by atoms with Gasteiger partial charge >= 0.3 is 0 Å². The molecule has 2 fully saturated rings. The van der Waals surface area contributed by atoms with Gasteiger partial charge in [-0.1, -0.05) is 24.3 Å². The van der Waals surface area contributed by atoms with Crippen molar-refractivity contribution >= 4 is 0 Å². The predicted molar refractivity (Wildman–Crippen MR) is 78.4 cm³/mol. The zero-order valence-corrected chi connectivity index (χ0v) is 12.4. The molecule has 19 heavy (non-hydrogen) atoms. The van der Waals surface area contributed by atoms with Crippen molar-refractivity contribution in [1.29, 1.82) is 0 Å². The van der Waals surface area contributed by atoms with E-state index in [4.69, 9.17) is 4.74 Å². The lowest BCUT2D eigenvalue weighted by atomic mass is 9.87. The van der Waals surface area contributed by atoms with Crippen molar-refractivity contribution in [3.63, 3.8) is 0 Å². The Morgan fingerprint density at radius 1 is 1.11 bits per heavy atom. The maximum atomic E-state index is 5.39. The third-order valence-electron chi connectivity index (χ3n) is 4.55. The maximum absolute atomic E-state index is 5.39. The van der Waals surface area contributed by atoms with Crippen LogP contribution in [0.1, 0.15) is 56.7 Å². The van der Waals surface area contributed by atoms with Crippen LogP contribution in [0.5, 0.6) is 0 Å². The van der Waals surface area contributed by atoms with Crippen LogP contribution >= 0.6 is 0 Å². The summed E-state index contributed by atoms with van der Waals surface area (Å²) in [6, 6.07) is 9.60. The molecule has 1 aromatic carbocycles. The van der Waals surface area contributed by atoms with Gasteiger partial charge in [0.25, 0.3) is 0 Å². The van der Waals surface area contributed by atoms with Gasteiger partial charge in [0.15, 0.2) is 0 Å². The minimum atomic E-state index is 0.254. The average molecular weight is 259 g/mol. The Labute approximate surface area is 116 Å². The molecule has 0 aromatic heterocycles. The van der Waals surface area contributed by atoms with Gasteiger partial charge < -0.3 is 4.74 Å². The number of hydrogen-bond donors (Lipinski definition) is 0. The molecule has 0 amide bonds. The fraction of sp³-hybridized carbons (Fsp3) is 0.647. The summed E-state index contributed by atoms with van der Waals surface area (Å²) < 4.78 is 5.39. The first-order chi connectivity index (χ1) is 9.07. The highest BCUT2D eigenvalue weighted by atomic mass is 16.5. The zero-order valence-electron chi connectivity index (χ0n) is 12.4. The van der Waals surface area contributed by atoms with Crippen LogP contribution in [0.2, 0.25) is 0 Å². The summed E-state index contributed by atoms with van der Waals surface area (Å²) in [7, 11) is 0. The van der Waals surface area contributed by atoms with Gasteiger partial charge in [0.2, 0.25) is 0 Å². The van der Waals surface area contributed by atoms with Crippen LogP contribution in [0.3, 0.4) is 0 Å². The third kappa shape index (κ3) is 2.44. The molecule has 1 aromatic rings. The first-order valence-electron chi connectivity index (χ1n) is 7.50. The molecule has 0 N–H and O–H groups in total. The Morgan fingerprint density at radius 2 is 1.79 bits per heavy atom. The van der Waals surface area contributed by atoms with Gasteiger partial charge in [-0.25, -0.2) is 0 Å². The van der Waals surface area contributed by atoms with Crippen LogP contribution in [-0.2, 0) is 4.74 Å². The van der Waals surface area contributed by atoms with Crippen LogP contribution < -0.4 is 0 Å². The molecule has 104 valence electrons. The molecule has 0 spiro atoms. The van der Waals surface area contributed by atoms with Crippen LogP contribution in [0.15, 0.2) is 24.3 Å². The second kappa shape index (κ2) is 4.92. The molecular formula is C17H25NO. The summed E-state index contributed by atoms with van der Waals surface area (Å²) in [5.41, 5.74) is 3.32. The smallest absolute Gasteiger partial charge is 0.0557 e. The fourth-order valence-corrected chi connectivity index (χ4v) is 3.49. The van der Waals surface area contributed by atoms with Crippen molar-refractivity contribution in [1.82, 2.24) is 4.90 Å². The van der Waals surface area contributed by atoms with E-state index in [2.05, 4.69) is 49.9 Å². The molecule has 2 aliphatic heterocycles. The fourth-order valence-electron chi connectivity index (χ4n) is 3.49. The van der Waals surface area contributed by atoms with Crippen molar-refractivity contribution in [2.24, 2.45) is 0 Å². The molecule has 2 heteroatoms. The summed E-state index contributed by atoms with van der Waals surface area (Å²) >= 11 is 0. The highest BCUT2D eigenvalue weighted by molar-refractivity contribution is 5.35. The lowest BCUT2D eigenvalue weighted by molar-refractivity contribution is 0.00726. The molecule has 0 bridgehead atoms. The molecular weight excluding hydrogens is 234 g/mol. The van der Waals surface area contributed by atoms with Crippen LogP contribution in [0.25, 0.3) is 0 Å². The SMILES string of the molecule is CC(C)(C)N1CCCC1c1ccccc1C1COC1. The molecule has 2 aliphatic rings. The molecule has 1 unspecified atom stereocenters. The van der Waals surface area contributed by atoms with Gasteiger partial charge in [-0.15, -0.1) is 0 Å². The van der Waals surface area contributed by atoms with E-state index < -0.39 is 0 Å². The van der Waals surface area contributed by atoms with E-state index in [0.29, 0.717) is 12.0 Å². The molecule has 2 saturated heterocycles. The summed E-state index contributed by atoms with van der Waals surface area (Å²) in [5.74, 6) is 0.624. The van der Waals surface area contributed by atoms with Crippen LogP contribution in [0, 0.1) is 0 Å². The van der Waals surface area contributed by atoms with E-state index in [1.165, 1.54) is 24.9 Å². The lowest BCUT2D eigenvalue weighted by Crippen LogP contribution is -2.41. The van der Waals surface area contributed by atoms with Gasteiger partial charge in [0.1, 0.15) is 0 Å². The summed E-state index contributed by atoms with van der Waals surface area (Å²) in [4.78, 5) is 2.67. The monoisotopic (exact) mass is 259 g/mol. The van der Waals surface area contributed by atoms with Crippen molar-refractivity contribution in [2.75, 3.05) is 19.8 Å². The Balaban J connectivity index is 1.92. The summed E-state index contributed by atoms with van der Waals surface area (Å²) in [6.07, 6.45) is 2.61. The summed E-state index contributed by atoms with van der Waals surface area (Å²) in [5, 5.41) is 0. The van der Waals surface area contributed by atoms with Crippen molar-refractivity contribution in [3.8, 4) is 0 Å². The van der Waals surface area contributed by atoms with Gasteiger partial charge in [-0.05, 0) is 51.3 Å². The number of benzene rings is 1. The number of likely N-dealkylation sites (tertiary alicyclic amines) is 1. The number of hydrogen-bond acceptors (Lipinski definition) is 2. The number of ether oxygens (including phenoxy) is 1. The Bertz CT molecular complexity index is 445. The van der Waals surface area contributed by atoms with Crippen LogP contribution in [0.4, 0.5) is 0 Å². The minimum Gasteiger partial charge on any atom is -0.380 e. The van der Waals surface area contributed by atoms with Crippen molar-refractivity contribution in [3.05, 3.63) is 35.4 Å². The van der Waals surface area contributed by atoms with Crippen LogP contribution in [-0.4, -0.2) is 30.2 Å². The second-order valence-corrected chi connectivity index (χ2v) is 6.89. The molecule has 1 atom stereocenters. The zero-order chi connectivity index (χ0) is 13.5. The van der Waals surface area contributed by atoms with E-state index >= 15 is 0 Å². The number of nitrogens with zero attached hydrogens (tertiary/aromatic N) is 1. The lowest BCUT2D eigenvalue weighted by Gasteiger charge is -2.39. The van der Waals surface area contributed by atoms with Gasteiger partial charge in [-0.2, -0.15) is 0 Å². The van der Waals surface area contributed by atoms with Gasteiger partial charge in [0, 0.05) is 17.5 Å². The van der Waals surface area contributed by atoms with Gasteiger partial charge in [-0.3, -0.25) is 4.90 Å². The largest absolute Gasteiger partial charge is 0.380 e. The third-order valence-corrected chi connectivity index (χ3v) is 4.55. The highest BCUT2D eigenvalue weighted by Gasteiger charge is 2.36. The normalized spacial score (nSPS) is 25.5. The average Bonchev–Trinajstić information content (AvgIpc) is 2.76. The Hall–Kier alpha value is -0.860. The quantitative estimate of drug-likeness (QED) is 0.802. The molecule has 2 heterocycles. The molecule has 3 rings (SSSR count). The second-order valence-electron chi connectivity index (χ2n) is 6.89. The van der Waals surface area contributed by atoms with Gasteiger partial charge in [0.05, 0.1) is 13.2 Å². The molecule has 2 nitrogen and oxygen atoms in total. The van der Waals surface area contributed by atoms with E-state index in [1.54, 1.807) is 5.56 Å². The molecule has 0 aliphatic carbocycles. The highest BCUT2D eigenvalue weighted by Crippen LogP contribution is 2.41. The number of rotatable bonds is 2. The van der Waals surface area contributed by atoms with E-state index in [0.717, 1.165) is 13.2 Å².